The van der Waals surface area contributed by atoms with Crippen molar-refractivity contribution >= 4 is 5.97 Å². The molecule has 0 amide bonds. The normalized spacial score (nSPS) is 26.5. The Morgan fingerprint density at radius 3 is 2.81 bits per heavy atom. The van der Waals surface area contributed by atoms with Crippen molar-refractivity contribution in [3.63, 3.8) is 0 Å². The summed E-state index contributed by atoms with van der Waals surface area (Å²) in [7, 11) is 0. The summed E-state index contributed by atoms with van der Waals surface area (Å²) in [5, 5.41) is 13.7. The van der Waals surface area contributed by atoms with E-state index >= 15 is 0 Å². The number of hydrogen-bond acceptors (Lipinski definition) is 5. The van der Waals surface area contributed by atoms with Crippen LogP contribution in [0.25, 0.3) is 0 Å². The minimum atomic E-state index is -0.945. The first-order chi connectivity index (χ1) is 10.1. The highest BCUT2D eigenvalue weighted by atomic mass is 16.5. The molecule has 21 heavy (non-hydrogen) atoms. The third-order valence-electron chi connectivity index (χ3n) is 3.93. The summed E-state index contributed by atoms with van der Waals surface area (Å²) in [5.41, 5.74) is -0.120. The smallest absolute Gasteiger partial charge is 0.327 e. The van der Waals surface area contributed by atoms with Crippen molar-refractivity contribution in [3.05, 3.63) is 35.9 Å². The van der Waals surface area contributed by atoms with Gasteiger partial charge in [0.1, 0.15) is 11.6 Å². The molecule has 1 aromatic carbocycles. The molecule has 1 heterocycles. The molecular weight excluding hydrogens is 270 g/mol. The summed E-state index contributed by atoms with van der Waals surface area (Å²) in [6, 6.07) is 8.80. The molecule has 2 N–H and O–H groups in total. The van der Waals surface area contributed by atoms with Crippen LogP contribution in [0.15, 0.2) is 30.3 Å². The molecule has 5 heteroatoms. The van der Waals surface area contributed by atoms with Crippen molar-refractivity contribution < 1.29 is 19.4 Å². The number of aliphatic hydroxyl groups is 1. The van der Waals surface area contributed by atoms with E-state index < -0.39 is 11.6 Å². The number of rotatable bonds is 6. The van der Waals surface area contributed by atoms with Gasteiger partial charge in [0, 0.05) is 19.6 Å². The molecule has 116 valence electrons. The van der Waals surface area contributed by atoms with Gasteiger partial charge in [0.15, 0.2) is 0 Å². The lowest BCUT2D eigenvalue weighted by molar-refractivity contribution is -0.146. The van der Waals surface area contributed by atoms with Crippen LogP contribution in [0, 0.1) is 0 Å². The SMILES string of the molecule is CCOC(=O)C(NCC1(O)CCOC1C)c1ccccc1. The fourth-order valence-electron chi connectivity index (χ4n) is 2.49. The summed E-state index contributed by atoms with van der Waals surface area (Å²) in [6.45, 7) is 4.77. The Bertz CT molecular complexity index is 465. The summed E-state index contributed by atoms with van der Waals surface area (Å²) < 4.78 is 10.5. The molecule has 0 bridgehead atoms. The minimum Gasteiger partial charge on any atom is -0.465 e. The topological polar surface area (TPSA) is 67.8 Å². The van der Waals surface area contributed by atoms with Gasteiger partial charge in [-0.25, -0.2) is 4.79 Å². The average molecular weight is 293 g/mol. The number of nitrogens with one attached hydrogen (secondary N) is 1. The van der Waals surface area contributed by atoms with E-state index in [0.29, 0.717) is 19.6 Å². The van der Waals surface area contributed by atoms with E-state index in [-0.39, 0.29) is 18.6 Å². The third-order valence-corrected chi connectivity index (χ3v) is 3.93. The number of ether oxygens (including phenoxy) is 2. The van der Waals surface area contributed by atoms with Crippen LogP contribution in [0.5, 0.6) is 0 Å². The molecule has 5 nitrogen and oxygen atoms in total. The molecule has 0 aromatic heterocycles. The predicted molar refractivity (Wildman–Crippen MR) is 78.8 cm³/mol. The first kappa shape index (κ1) is 15.9. The zero-order valence-electron chi connectivity index (χ0n) is 12.5. The van der Waals surface area contributed by atoms with Crippen molar-refractivity contribution in [1.29, 1.82) is 0 Å². The zero-order chi connectivity index (χ0) is 15.3. The number of hydrogen-bond donors (Lipinski definition) is 2. The van der Waals surface area contributed by atoms with Gasteiger partial charge in [0.2, 0.25) is 0 Å². The van der Waals surface area contributed by atoms with E-state index in [1.165, 1.54) is 0 Å². The van der Waals surface area contributed by atoms with Gasteiger partial charge in [0.05, 0.1) is 12.7 Å². The molecule has 3 unspecified atom stereocenters. The maximum Gasteiger partial charge on any atom is 0.327 e. The molecule has 0 aliphatic carbocycles. The summed E-state index contributed by atoms with van der Waals surface area (Å²) in [6.07, 6.45) is 0.314. The molecule has 3 atom stereocenters. The molecule has 0 radical (unpaired) electrons. The fraction of sp³-hybridized carbons (Fsp3) is 0.562. The van der Waals surface area contributed by atoms with Crippen LogP contribution in [0.1, 0.15) is 31.9 Å². The van der Waals surface area contributed by atoms with Crippen molar-refractivity contribution in [3.8, 4) is 0 Å². The van der Waals surface area contributed by atoms with Crippen molar-refractivity contribution in [2.24, 2.45) is 0 Å². The number of esters is 1. The molecule has 1 saturated heterocycles. The maximum absolute atomic E-state index is 12.1. The van der Waals surface area contributed by atoms with Crippen LogP contribution in [0.4, 0.5) is 0 Å². The van der Waals surface area contributed by atoms with Crippen LogP contribution >= 0.6 is 0 Å². The summed E-state index contributed by atoms with van der Waals surface area (Å²) in [4.78, 5) is 12.1. The standard InChI is InChI=1S/C16H23NO4/c1-3-20-15(18)14(13-7-5-4-6-8-13)17-11-16(19)9-10-21-12(16)2/h4-8,12,14,17,19H,3,9-11H2,1-2H3. The first-order valence-electron chi connectivity index (χ1n) is 7.36. The van der Waals surface area contributed by atoms with Gasteiger partial charge >= 0.3 is 5.97 Å². The highest BCUT2D eigenvalue weighted by Gasteiger charge is 2.40. The third kappa shape index (κ3) is 3.81. The first-order valence-corrected chi connectivity index (χ1v) is 7.36. The zero-order valence-corrected chi connectivity index (χ0v) is 12.5. The highest BCUT2D eigenvalue weighted by Crippen LogP contribution is 2.26. The lowest BCUT2D eigenvalue weighted by Crippen LogP contribution is -2.48. The number of carbonyl (C=O) groups excluding carboxylic acids is 1. The Kier molecular flexibility index (Phi) is 5.33. The highest BCUT2D eigenvalue weighted by molar-refractivity contribution is 5.77. The quantitative estimate of drug-likeness (QED) is 0.776. The van der Waals surface area contributed by atoms with Crippen molar-refractivity contribution in [2.75, 3.05) is 19.8 Å². The Morgan fingerprint density at radius 1 is 1.52 bits per heavy atom. The van der Waals surface area contributed by atoms with Gasteiger partial charge in [-0.3, -0.25) is 5.32 Å². The van der Waals surface area contributed by atoms with Gasteiger partial charge < -0.3 is 14.6 Å². The van der Waals surface area contributed by atoms with Gasteiger partial charge in [-0.2, -0.15) is 0 Å². The van der Waals surface area contributed by atoms with Crippen LogP contribution < -0.4 is 5.32 Å². The van der Waals surface area contributed by atoms with E-state index in [0.717, 1.165) is 5.56 Å². The van der Waals surface area contributed by atoms with Crippen LogP contribution in [0.3, 0.4) is 0 Å². The van der Waals surface area contributed by atoms with E-state index in [2.05, 4.69) is 5.32 Å². The molecule has 1 aliphatic rings. The largest absolute Gasteiger partial charge is 0.465 e. The Hall–Kier alpha value is -1.43. The second kappa shape index (κ2) is 7.02. The number of carbonyl (C=O) groups is 1. The van der Waals surface area contributed by atoms with E-state index in [1.807, 2.05) is 37.3 Å². The van der Waals surface area contributed by atoms with Crippen LogP contribution in [0.2, 0.25) is 0 Å². The second-order valence-corrected chi connectivity index (χ2v) is 5.34. The Balaban J connectivity index is 2.08. The van der Waals surface area contributed by atoms with Gasteiger partial charge in [-0.05, 0) is 19.4 Å². The predicted octanol–water partition coefficient (Wildman–Crippen LogP) is 1.42. The summed E-state index contributed by atoms with van der Waals surface area (Å²) in [5.74, 6) is -0.334. The van der Waals surface area contributed by atoms with Crippen molar-refractivity contribution in [2.45, 2.75) is 38.0 Å². The maximum atomic E-state index is 12.1. The molecule has 1 aliphatic heterocycles. The Labute approximate surface area is 125 Å². The lowest BCUT2D eigenvalue weighted by atomic mass is 9.95. The van der Waals surface area contributed by atoms with Gasteiger partial charge in [-0.1, -0.05) is 30.3 Å². The second-order valence-electron chi connectivity index (χ2n) is 5.34. The molecule has 2 rings (SSSR count). The molecule has 0 saturated carbocycles. The fourth-order valence-corrected chi connectivity index (χ4v) is 2.49. The molecular formula is C16H23NO4. The van der Waals surface area contributed by atoms with Crippen LogP contribution in [-0.4, -0.2) is 42.5 Å². The monoisotopic (exact) mass is 293 g/mol. The van der Waals surface area contributed by atoms with E-state index in [9.17, 15) is 9.90 Å². The minimum absolute atomic E-state index is 0.247. The summed E-state index contributed by atoms with van der Waals surface area (Å²) >= 11 is 0. The molecule has 1 aromatic rings. The Morgan fingerprint density at radius 2 is 2.24 bits per heavy atom. The van der Waals surface area contributed by atoms with Crippen molar-refractivity contribution in [1.82, 2.24) is 5.32 Å². The lowest BCUT2D eigenvalue weighted by Gasteiger charge is -2.28. The molecule has 1 fully saturated rings. The van der Waals surface area contributed by atoms with E-state index in [1.54, 1.807) is 6.92 Å². The molecule has 0 spiro atoms. The average Bonchev–Trinajstić information content (AvgIpc) is 2.80. The number of benzene rings is 1. The van der Waals surface area contributed by atoms with Gasteiger partial charge in [0.25, 0.3) is 0 Å². The van der Waals surface area contributed by atoms with Crippen LogP contribution in [-0.2, 0) is 14.3 Å². The van der Waals surface area contributed by atoms with E-state index in [4.69, 9.17) is 9.47 Å². The van der Waals surface area contributed by atoms with Gasteiger partial charge in [-0.15, -0.1) is 0 Å².